The first-order valence-corrected chi connectivity index (χ1v) is 5.30. The molecule has 16 heavy (non-hydrogen) atoms. The highest BCUT2D eigenvalue weighted by molar-refractivity contribution is 5.82. The van der Waals surface area contributed by atoms with Crippen molar-refractivity contribution in [2.24, 2.45) is 0 Å². The van der Waals surface area contributed by atoms with Gasteiger partial charge in [-0.1, -0.05) is 13.3 Å². The number of hydrogen-bond acceptors (Lipinski definition) is 3. The van der Waals surface area contributed by atoms with Crippen LogP contribution in [0.15, 0.2) is 0 Å². The number of nitrogens with one attached hydrogen (secondary N) is 2. The van der Waals surface area contributed by atoms with Crippen LogP contribution in [0.3, 0.4) is 0 Å². The monoisotopic (exact) mass is 232 g/mol. The number of carboxylic acid groups (broad SMARTS) is 1. The van der Waals surface area contributed by atoms with Gasteiger partial charge >= 0.3 is 12.0 Å². The highest BCUT2D eigenvalue weighted by Crippen LogP contribution is 1.97. The van der Waals surface area contributed by atoms with Gasteiger partial charge in [0.2, 0.25) is 0 Å². The maximum Gasteiger partial charge on any atom is 0.325 e. The van der Waals surface area contributed by atoms with E-state index in [1.165, 1.54) is 6.92 Å². The van der Waals surface area contributed by atoms with E-state index < -0.39 is 18.0 Å². The van der Waals surface area contributed by atoms with Crippen LogP contribution in [0.2, 0.25) is 0 Å². The van der Waals surface area contributed by atoms with E-state index >= 15 is 0 Å². The lowest BCUT2D eigenvalue weighted by Crippen LogP contribution is -2.49. The first kappa shape index (κ1) is 14.7. The molecule has 0 radical (unpaired) electrons. The van der Waals surface area contributed by atoms with Crippen LogP contribution in [-0.4, -0.2) is 42.9 Å². The summed E-state index contributed by atoms with van der Waals surface area (Å²) in [6.07, 6.45) is 1.71. The molecule has 0 rings (SSSR count). The van der Waals surface area contributed by atoms with Crippen molar-refractivity contribution < 1.29 is 19.4 Å². The number of carbonyl (C=O) groups excluding carboxylic acids is 1. The van der Waals surface area contributed by atoms with Gasteiger partial charge in [-0.15, -0.1) is 0 Å². The van der Waals surface area contributed by atoms with E-state index in [0.29, 0.717) is 6.61 Å². The molecule has 6 heteroatoms. The third kappa shape index (κ3) is 6.23. The summed E-state index contributed by atoms with van der Waals surface area (Å²) in [5.74, 6) is -1.06. The Morgan fingerprint density at radius 1 is 1.38 bits per heavy atom. The van der Waals surface area contributed by atoms with Gasteiger partial charge in [0.25, 0.3) is 0 Å². The minimum Gasteiger partial charge on any atom is -0.480 e. The Balaban J connectivity index is 4.03. The molecule has 0 fully saturated rings. The molecule has 0 heterocycles. The Labute approximate surface area is 95.4 Å². The first-order chi connectivity index (χ1) is 7.51. The fourth-order valence-electron chi connectivity index (χ4n) is 1.23. The van der Waals surface area contributed by atoms with Crippen molar-refractivity contribution in [3.05, 3.63) is 0 Å². The minimum atomic E-state index is -1.06. The Kier molecular flexibility index (Phi) is 7.28. The third-order valence-electron chi connectivity index (χ3n) is 2.06. The number of urea groups is 1. The maximum atomic E-state index is 11.4. The zero-order valence-electron chi connectivity index (χ0n) is 9.95. The molecule has 94 valence electrons. The average molecular weight is 232 g/mol. The molecule has 2 amide bonds. The molecule has 1 unspecified atom stereocenters. The van der Waals surface area contributed by atoms with Crippen molar-refractivity contribution in [1.82, 2.24) is 10.6 Å². The van der Waals surface area contributed by atoms with Crippen molar-refractivity contribution >= 4 is 12.0 Å². The second kappa shape index (κ2) is 7.92. The topological polar surface area (TPSA) is 87.7 Å². The standard InChI is InChI=1S/C10H20N2O4/c1-4-5-8(6-16-3)12-10(15)11-7(2)9(13)14/h7-8H,4-6H2,1-3H3,(H,13,14)(H2,11,12,15)/t7-,8?/m0/s1. The summed E-state index contributed by atoms with van der Waals surface area (Å²) < 4.78 is 4.95. The molecule has 0 aliphatic heterocycles. The molecule has 6 nitrogen and oxygen atoms in total. The Morgan fingerprint density at radius 3 is 2.44 bits per heavy atom. The van der Waals surface area contributed by atoms with Gasteiger partial charge < -0.3 is 20.5 Å². The van der Waals surface area contributed by atoms with E-state index in [0.717, 1.165) is 12.8 Å². The van der Waals surface area contributed by atoms with Crippen LogP contribution >= 0.6 is 0 Å². The van der Waals surface area contributed by atoms with E-state index in [1.807, 2.05) is 6.92 Å². The molecule has 2 atom stereocenters. The molecule has 0 saturated carbocycles. The average Bonchev–Trinajstić information content (AvgIpc) is 2.17. The lowest BCUT2D eigenvalue weighted by atomic mass is 10.2. The van der Waals surface area contributed by atoms with Gasteiger partial charge in [0, 0.05) is 7.11 Å². The Hall–Kier alpha value is -1.30. The second-order valence-electron chi connectivity index (χ2n) is 3.62. The summed E-state index contributed by atoms with van der Waals surface area (Å²) in [6.45, 7) is 3.83. The number of hydrogen-bond donors (Lipinski definition) is 3. The number of ether oxygens (including phenoxy) is 1. The van der Waals surface area contributed by atoms with Crippen LogP contribution < -0.4 is 10.6 Å². The SMILES string of the molecule is CCCC(COC)NC(=O)N[C@@H](C)C(=O)O. The van der Waals surface area contributed by atoms with E-state index in [-0.39, 0.29) is 6.04 Å². The fourth-order valence-corrected chi connectivity index (χ4v) is 1.23. The van der Waals surface area contributed by atoms with E-state index in [9.17, 15) is 9.59 Å². The lowest BCUT2D eigenvalue weighted by molar-refractivity contribution is -0.138. The zero-order valence-corrected chi connectivity index (χ0v) is 9.95. The summed E-state index contributed by atoms with van der Waals surface area (Å²) in [5.41, 5.74) is 0. The molecule has 0 aliphatic carbocycles. The van der Waals surface area contributed by atoms with Gasteiger partial charge in [0.15, 0.2) is 0 Å². The van der Waals surface area contributed by atoms with Gasteiger partial charge in [-0.3, -0.25) is 4.79 Å². The largest absolute Gasteiger partial charge is 0.480 e. The molecule has 0 aliphatic rings. The van der Waals surface area contributed by atoms with Crippen molar-refractivity contribution in [2.45, 2.75) is 38.8 Å². The molecule has 0 saturated heterocycles. The first-order valence-electron chi connectivity index (χ1n) is 5.30. The summed E-state index contributed by atoms with van der Waals surface area (Å²) in [7, 11) is 1.56. The van der Waals surface area contributed by atoms with E-state index in [4.69, 9.17) is 9.84 Å². The van der Waals surface area contributed by atoms with Crippen LogP contribution in [0.1, 0.15) is 26.7 Å². The normalized spacial score (nSPS) is 13.9. The van der Waals surface area contributed by atoms with Crippen molar-refractivity contribution in [1.29, 1.82) is 0 Å². The van der Waals surface area contributed by atoms with Gasteiger partial charge in [-0.2, -0.15) is 0 Å². The van der Waals surface area contributed by atoms with Gasteiger partial charge in [-0.25, -0.2) is 4.79 Å². The van der Waals surface area contributed by atoms with Crippen LogP contribution in [0.5, 0.6) is 0 Å². The Bertz CT molecular complexity index is 227. The van der Waals surface area contributed by atoms with E-state index in [1.54, 1.807) is 7.11 Å². The third-order valence-corrected chi connectivity index (χ3v) is 2.06. The minimum absolute atomic E-state index is 0.0870. The van der Waals surface area contributed by atoms with Crippen molar-refractivity contribution in [3.63, 3.8) is 0 Å². The molecule has 0 aromatic heterocycles. The smallest absolute Gasteiger partial charge is 0.325 e. The Morgan fingerprint density at radius 2 is 2.00 bits per heavy atom. The molecular formula is C10H20N2O4. The highest BCUT2D eigenvalue weighted by Gasteiger charge is 2.16. The fraction of sp³-hybridized carbons (Fsp3) is 0.800. The second-order valence-corrected chi connectivity index (χ2v) is 3.62. The lowest BCUT2D eigenvalue weighted by Gasteiger charge is -2.18. The van der Waals surface area contributed by atoms with Crippen LogP contribution in [0, 0.1) is 0 Å². The summed E-state index contributed by atoms with van der Waals surface area (Å²) >= 11 is 0. The zero-order chi connectivity index (χ0) is 12.6. The molecule has 0 bridgehead atoms. The number of carboxylic acids is 1. The molecule has 3 N–H and O–H groups in total. The quantitative estimate of drug-likeness (QED) is 0.599. The molecular weight excluding hydrogens is 212 g/mol. The number of carbonyl (C=O) groups is 2. The van der Waals surface area contributed by atoms with Gasteiger partial charge in [0.05, 0.1) is 12.6 Å². The molecule has 0 aromatic rings. The number of rotatable bonds is 7. The van der Waals surface area contributed by atoms with Crippen LogP contribution in [0.4, 0.5) is 4.79 Å². The van der Waals surface area contributed by atoms with Gasteiger partial charge in [-0.05, 0) is 13.3 Å². The van der Waals surface area contributed by atoms with Crippen molar-refractivity contribution in [3.8, 4) is 0 Å². The predicted molar refractivity (Wildman–Crippen MR) is 59.3 cm³/mol. The number of aliphatic carboxylic acids is 1. The molecule has 0 aromatic carbocycles. The van der Waals surface area contributed by atoms with Gasteiger partial charge in [0.1, 0.15) is 6.04 Å². The van der Waals surface area contributed by atoms with E-state index in [2.05, 4.69) is 10.6 Å². The summed E-state index contributed by atoms with van der Waals surface area (Å²) in [6, 6.07) is -1.47. The number of methoxy groups -OCH3 is 1. The molecule has 0 spiro atoms. The maximum absolute atomic E-state index is 11.4. The van der Waals surface area contributed by atoms with Crippen LogP contribution in [0.25, 0.3) is 0 Å². The summed E-state index contributed by atoms with van der Waals surface area (Å²) in [4.78, 5) is 21.9. The summed E-state index contributed by atoms with van der Waals surface area (Å²) in [5, 5.41) is 13.6. The van der Waals surface area contributed by atoms with Crippen LogP contribution in [-0.2, 0) is 9.53 Å². The highest BCUT2D eigenvalue weighted by atomic mass is 16.5. The predicted octanol–water partition coefficient (Wildman–Crippen LogP) is 0.574. The number of amides is 2. The van der Waals surface area contributed by atoms with Crippen molar-refractivity contribution in [2.75, 3.05) is 13.7 Å².